The Morgan fingerprint density at radius 1 is 0.326 bits per heavy atom. The quantitative estimate of drug-likeness (QED) is 0.0222. The van der Waals surface area contributed by atoms with Gasteiger partial charge in [-0.05, 0) is 49.4 Å². The summed E-state index contributed by atoms with van der Waals surface area (Å²) in [6.45, 7) is 14.0. The largest absolute Gasteiger partial charge is 0.472 e. The van der Waals surface area contributed by atoms with Gasteiger partial charge in [0, 0.05) is 25.7 Å². The van der Waals surface area contributed by atoms with Crippen molar-refractivity contribution < 1.29 is 80.2 Å². The van der Waals surface area contributed by atoms with Crippen molar-refractivity contribution in [3.63, 3.8) is 0 Å². The number of carbonyl (C=O) groups is 4. The molecule has 17 nitrogen and oxygen atoms in total. The van der Waals surface area contributed by atoms with Crippen molar-refractivity contribution >= 4 is 39.5 Å². The van der Waals surface area contributed by atoms with Gasteiger partial charge in [0.25, 0.3) is 0 Å². The Balaban J connectivity index is 5.27. The molecule has 0 saturated heterocycles. The molecule has 3 N–H and O–H groups in total. The molecule has 0 rings (SSSR count). The van der Waals surface area contributed by atoms with Crippen LogP contribution in [0.2, 0.25) is 0 Å². The van der Waals surface area contributed by atoms with Crippen LogP contribution < -0.4 is 0 Å². The highest BCUT2D eigenvalue weighted by atomic mass is 31.2. The molecule has 0 aromatic heterocycles. The zero-order valence-electron chi connectivity index (χ0n) is 55.9. The third-order valence-corrected chi connectivity index (χ3v) is 17.6. The van der Waals surface area contributed by atoms with Gasteiger partial charge in [-0.1, -0.05) is 274 Å². The van der Waals surface area contributed by atoms with Gasteiger partial charge < -0.3 is 33.8 Å². The van der Waals surface area contributed by atoms with Crippen molar-refractivity contribution in [1.29, 1.82) is 0 Å². The van der Waals surface area contributed by atoms with Crippen LogP contribution in [0.15, 0.2) is 0 Å². The summed E-state index contributed by atoms with van der Waals surface area (Å²) in [5.74, 6) is 0.817. The highest BCUT2D eigenvalue weighted by Gasteiger charge is 2.30. The van der Waals surface area contributed by atoms with E-state index in [1.54, 1.807) is 0 Å². The second-order valence-corrected chi connectivity index (χ2v) is 28.8. The number of phosphoric ester groups is 2. The minimum absolute atomic E-state index is 0.104. The molecular formula is C67H130O17P2. The fourth-order valence-electron chi connectivity index (χ4n) is 9.93. The molecule has 19 heteroatoms. The predicted octanol–water partition coefficient (Wildman–Crippen LogP) is 18.5. The molecule has 4 unspecified atom stereocenters. The Kier molecular flexibility index (Phi) is 55.7. The number of ether oxygens (including phenoxy) is 4. The van der Waals surface area contributed by atoms with Gasteiger partial charge >= 0.3 is 39.5 Å². The van der Waals surface area contributed by atoms with Crippen LogP contribution in [0.25, 0.3) is 0 Å². The van der Waals surface area contributed by atoms with Crippen molar-refractivity contribution in [2.24, 2.45) is 23.7 Å². The van der Waals surface area contributed by atoms with Crippen LogP contribution >= 0.6 is 15.6 Å². The highest BCUT2D eigenvalue weighted by Crippen LogP contribution is 2.45. The Morgan fingerprint density at radius 3 is 0.826 bits per heavy atom. The van der Waals surface area contributed by atoms with E-state index >= 15 is 0 Å². The Morgan fingerprint density at radius 2 is 0.558 bits per heavy atom. The van der Waals surface area contributed by atoms with Gasteiger partial charge in [-0.25, -0.2) is 9.13 Å². The van der Waals surface area contributed by atoms with Gasteiger partial charge in [0.1, 0.15) is 19.3 Å². The van der Waals surface area contributed by atoms with Crippen molar-refractivity contribution in [3.8, 4) is 0 Å². The van der Waals surface area contributed by atoms with Gasteiger partial charge in [-0.15, -0.1) is 0 Å². The maximum Gasteiger partial charge on any atom is 0.472 e. The molecule has 0 radical (unpaired) electrons. The lowest BCUT2D eigenvalue weighted by molar-refractivity contribution is -0.161. The van der Waals surface area contributed by atoms with Crippen LogP contribution in [0.4, 0.5) is 0 Å². The fraction of sp³-hybridized carbons (Fsp3) is 0.940. The first-order valence-corrected chi connectivity index (χ1v) is 37.7. The van der Waals surface area contributed by atoms with Gasteiger partial charge in [0.2, 0.25) is 0 Å². The van der Waals surface area contributed by atoms with Gasteiger partial charge in [-0.3, -0.25) is 37.3 Å². The SMILES string of the molecule is CCC(C)CCCCCCCCCCC(=O)O[C@H](COC(=O)CCCCCCCCCCC(C)C)COP(=O)(O)OCC(O)COP(=O)(O)OC[C@@H](COC(=O)CCCCCCCCCC(C)C)OC(=O)CCCCCCCCCCCCC(C)C. The molecule has 0 aromatic rings. The number of aliphatic hydroxyl groups excluding tert-OH is 1. The van der Waals surface area contributed by atoms with E-state index in [1.165, 1.54) is 122 Å². The summed E-state index contributed by atoms with van der Waals surface area (Å²) in [6.07, 6.45) is 37.6. The molecular weight excluding hydrogens is 1140 g/mol. The first kappa shape index (κ1) is 84.1. The van der Waals surface area contributed by atoms with Crippen LogP contribution in [-0.2, 0) is 65.4 Å². The minimum atomic E-state index is -4.95. The molecule has 510 valence electrons. The lowest BCUT2D eigenvalue weighted by atomic mass is 9.99. The van der Waals surface area contributed by atoms with E-state index < -0.39 is 97.5 Å². The number of carbonyl (C=O) groups excluding carboxylic acids is 4. The number of rotatable bonds is 64. The molecule has 0 heterocycles. The lowest BCUT2D eigenvalue weighted by Gasteiger charge is -2.21. The first-order valence-electron chi connectivity index (χ1n) is 34.7. The lowest BCUT2D eigenvalue weighted by Crippen LogP contribution is -2.30. The molecule has 0 bridgehead atoms. The predicted molar refractivity (Wildman–Crippen MR) is 344 cm³/mol. The number of hydrogen-bond acceptors (Lipinski definition) is 15. The van der Waals surface area contributed by atoms with Crippen molar-refractivity contribution in [1.82, 2.24) is 0 Å². The Labute approximate surface area is 524 Å². The highest BCUT2D eigenvalue weighted by molar-refractivity contribution is 7.47. The summed E-state index contributed by atoms with van der Waals surface area (Å²) in [7, 11) is -9.90. The minimum Gasteiger partial charge on any atom is -0.462 e. The van der Waals surface area contributed by atoms with Crippen LogP contribution in [0.3, 0.4) is 0 Å². The summed E-state index contributed by atoms with van der Waals surface area (Å²) in [6, 6.07) is 0. The average molecular weight is 1270 g/mol. The van der Waals surface area contributed by atoms with E-state index in [1.807, 2.05) is 0 Å². The molecule has 86 heavy (non-hydrogen) atoms. The standard InChI is InChI=1S/C67H130O17P2/c1-9-60(8)46-38-30-22-15-17-25-34-42-50-67(72)84-62(53-77-64(69)47-39-31-23-16-14-20-28-36-44-58(4)5)55-81-85(73,74)79-51-61(68)52-80-86(75,76)82-56-63(54-78-65(70)48-40-32-26-18-21-29-37-45-59(6)7)83-66(71)49-41-33-24-13-11-10-12-19-27-35-43-57(2)3/h57-63,68H,9-56H2,1-8H3,(H,73,74)(H,75,76)/t60?,61?,62-,63-/m1/s1. The van der Waals surface area contributed by atoms with Gasteiger partial charge in [-0.2, -0.15) is 0 Å². The number of hydrogen-bond donors (Lipinski definition) is 3. The van der Waals surface area contributed by atoms with Crippen molar-refractivity contribution in [2.45, 2.75) is 343 Å². The van der Waals surface area contributed by atoms with Gasteiger partial charge in [0.15, 0.2) is 12.2 Å². The molecule has 0 aromatic carbocycles. The maximum atomic E-state index is 13.0. The molecule has 0 spiro atoms. The number of phosphoric acid groups is 2. The zero-order chi connectivity index (χ0) is 63.9. The van der Waals surface area contributed by atoms with E-state index in [2.05, 4.69) is 55.4 Å². The van der Waals surface area contributed by atoms with E-state index in [-0.39, 0.29) is 25.7 Å². The van der Waals surface area contributed by atoms with E-state index in [0.29, 0.717) is 31.6 Å². The van der Waals surface area contributed by atoms with E-state index in [0.717, 1.165) is 114 Å². The molecule has 6 atom stereocenters. The van der Waals surface area contributed by atoms with Crippen LogP contribution in [0.1, 0.15) is 325 Å². The zero-order valence-corrected chi connectivity index (χ0v) is 57.7. The molecule has 0 fully saturated rings. The van der Waals surface area contributed by atoms with Gasteiger partial charge in [0.05, 0.1) is 26.4 Å². The third kappa shape index (κ3) is 59.7. The number of aliphatic hydroxyl groups is 1. The molecule has 0 amide bonds. The smallest absolute Gasteiger partial charge is 0.462 e. The monoisotopic (exact) mass is 1270 g/mol. The number of esters is 4. The van der Waals surface area contributed by atoms with Crippen LogP contribution in [0.5, 0.6) is 0 Å². The molecule has 0 aliphatic heterocycles. The summed E-state index contributed by atoms with van der Waals surface area (Å²) < 4.78 is 68.1. The first-order chi connectivity index (χ1) is 41.1. The van der Waals surface area contributed by atoms with Crippen molar-refractivity contribution in [3.05, 3.63) is 0 Å². The second kappa shape index (κ2) is 57.0. The molecule has 0 saturated carbocycles. The van der Waals surface area contributed by atoms with E-state index in [4.69, 9.17) is 37.0 Å². The summed E-state index contributed by atoms with van der Waals surface area (Å²) in [5.41, 5.74) is 0. The Bertz CT molecular complexity index is 1720. The summed E-state index contributed by atoms with van der Waals surface area (Å²) in [4.78, 5) is 72.4. The van der Waals surface area contributed by atoms with Crippen LogP contribution in [-0.4, -0.2) is 96.7 Å². The average Bonchev–Trinajstić information content (AvgIpc) is 3.64. The topological polar surface area (TPSA) is 237 Å². The summed E-state index contributed by atoms with van der Waals surface area (Å²) in [5, 5.41) is 10.6. The second-order valence-electron chi connectivity index (χ2n) is 25.9. The van der Waals surface area contributed by atoms with E-state index in [9.17, 15) is 43.2 Å². The van der Waals surface area contributed by atoms with Crippen LogP contribution in [0, 0.1) is 23.7 Å². The van der Waals surface area contributed by atoms with Crippen molar-refractivity contribution in [2.75, 3.05) is 39.6 Å². The fourth-order valence-corrected chi connectivity index (χ4v) is 11.5. The Hall–Kier alpha value is -1.94. The molecule has 0 aliphatic carbocycles. The summed E-state index contributed by atoms with van der Waals surface area (Å²) >= 11 is 0. The molecule has 0 aliphatic rings. The number of unbranched alkanes of at least 4 members (excludes halogenated alkanes) is 29. The normalized spacial score (nSPS) is 14.7. The maximum absolute atomic E-state index is 13.0. The third-order valence-electron chi connectivity index (χ3n) is 15.7.